The molecule has 5 heteroatoms. The summed E-state index contributed by atoms with van der Waals surface area (Å²) in [6, 6.07) is 8.42. The molecule has 0 atom stereocenters. The van der Waals surface area contributed by atoms with E-state index < -0.39 is 0 Å². The molecule has 0 aromatic carbocycles. The lowest BCUT2D eigenvalue weighted by Gasteiger charge is -2.04. The molecule has 2 aromatic heterocycles. The molecule has 2 heterocycles. The summed E-state index contributed by atoms with van der Waals surface area (Å²) in [6.45, 7) is 13.5. The Hall–Kier alpha value is -3.08. The molecule has 1 amide bonds. The lowest BCUT2D eigenvalue weighted by Crippen LogP contribution is -2.33. The van der Waals surface area contributed by atoms with E-state index in [-0.39, 0.29) is 11.7 Å². The minimum atomic E-state index is -0.0926. The number of nitrogens with one attached hydrogen (secondary N) is 1. The molecule has 0 aliphatic heterocycles. The van der Waals surface area contributed by atoms with E-state index >= 15 is 0 Å². The van der Waals surface area contributed by atoms with Gasteiger partial charge in [0.15, 0.2) is 30.6 Å². The van der Waals surface area contributed by atoms with E-state index in [9.17, 15) is 9.59 Å². The fraction of sp³-hybridized carbons (Fsp3) is 0.515. The van der Waals surface area contributed by atoms with Crippen molar-refractivity contribution in [1.29, 1.82) is 0 Å². The van der Waals surface area contributed by atoms with Crippen LogP contribution >= 0.6 is 0 Å². The Bertz CT molecular complexity index is 926. The Morgan fingerprint density at radius 1 is 0.658 bits per heavy atom. The van der Waals surface area contributed by atoms with Crippen molar-refractivity contribution in [2.45, 2.75) is 111 Å². The number of aryl methyl sites for hydroxylation is 3. The van der Waals surface area contributed by atoms with Gasteiger partial charge in [-0.05, 0) is 49.8 Å². The maximum atomic E-state index is 11.7. The number of aromatic nitrogens is 2. The first-order chi connectivity index (χ1) is 18.3. The monoisotopic (exact) mass is 519 g/mol. The van der Waals surface area contributed by atoms with Gasteiger partial charge in [0.2, 0.25) is 5.91 Å². The average molecular weight is 520 g/mol. The van der Waals surface area contributed by atoms with Gasteiger partial charge in [0.1, 0.15) is 13.1 Å². The average Bonchev–Trinajstić information content (AvgIpc) is 2.92. The van der Waals surface area contributed by atoms with Crippen molar-refractivity contribution in [2.75, 3.05) is 0 Å². The number of amides is 1. The number of unbranched alkanes of at least 4 members (excludes halogenated alkanes) is 9. The lowest BCUT2D eigenvalue weighted by molar-refractivity contribution is -0.697. The molecular weight excluding hydrogens is 470 g/mol. The van der Waals surface area contributed by atoms with Gasteiger partial charge >= 0.3 is 0 Å². The summed E-state index contributed by atoms with van der Waals surface area (Å²) in [4.78, 5) is 23.3. The zero-order valence-corrected chi connectivity index (χ0v) is 23.9. The van der Waals surface area contributed by atoms with Crippen LogP contribution in [0, 0.1) is 0 Å². The first kappa shape index (κ1) is 31.1. The van der Waals surface area contributed by atoms with Gasteiger partial charge in [0.25, 0.3) is 0 Å². The van der Waals surface area contributed by atoms with Crippen LogP contribution < -0.4 is 14.5 Å². The standard InChI is InChI=1S/C33H48N3O2/c1-28(2)32(37)16-15-30-17-23-35(24-18-30)21-13-11-9-7-5-6-8-10-12-14-22-36-25-19-31(20-26-36)27-34-33(38)29(3)4/h17-20,23-26H,1,3,5-16,21-22,27H2,2,4H3/q+1/p+1. The number of rotatable bonds is 20. The summed E-state index contributed by atoms with van der Waals surface area (Å²) < 4.78 is 4.48. The zero-order valence-electron chi connectivity index (χ0n) is 23.9. The van der Waals surface area contributed by atoms with Crippen LogP contribution in [0.2, 0.25) is 0 Å². The molecule has 38 heavy (non-hydrogen) atoms. The third-order valence-corrected chi connectivity index (χ3v) is 6.96. The Labute approximate surface area is 230 Å². The van der Waals surface area contributed by atoms with Gasteiger partial charge in [0.05, 0.1) is 0 Å². The maximum Gasteiger partial charge on any atom is 0.246 e. The number of nitrogens with zero attached hydrogens (tertiary/aromatic N) is 2. The summed E-state index contributed by atoms with van der Waals surface area (Å²) in [6.07, 6.45) is 22.9. The summed E-state index contributed by atoms with van der Waals surface area (Å²) in [5, 5.41) is 2.87. The summed E-state index contributed by atoms with van der Waals surface area (Å²) in [7, 11) is 0. The van der Waals surface area contributed by atoms with Crippen molar-refractivity contribution >= 4 is 11.7 Å². The highest BCUT2D eigenvalue weighted by Crippen LogP contribution is 2.11. The second-order valence-corrected chi connectivity index (χ2v) is 10.6. The topological polar surface area (TPSA) is 53.9 Å². The number of carbonyl (C=O) groups is 2. The highest BCUT2D eigenvalue weighted by atomic mass is 16.1. The van der Waals surface area contributed by atoms with Gasteiger partial charge in [-0.25, -0.2) is 9.13 Å². The molecule has 0 unspecified atom stereocenters. The Morgan fingerprint density at radius 2 is 1.08 bits per heavy atom. The van der Waals surface area contributed by atoms with E-state index in [0.29, 0.717) is 24.1 Å². The van der Waals surface area contributed by atoms with Crippen LogP contribution in [0.5, 0.6) is 0 Å². The van der Waals surface area contributed by atoms with Crippen LogP contribution in [0.3, 0.4) is 0 Å². The molecule has 0 aliphatic rings. The second kappa shape index (κ2) is 18.2. The normalized spacial score (nSPS) is 10.8. The van der Waals surface area contributed by atoms with Crippen LogP contribution in [-0.2, 0) is 35.6 Å². The number of pyridine rings is 2. The maximum absolute atomic E-state index is 11.7. The van der Waals surface area contributed by atoms with Gasteiger partial charge in [-0.3, -0.25) is 9.59 Å². The van der Waals surface area contributed by atoms with Crippen LogP contribution in [0.4, 0.5) is 0 Å². The first-order valence-corrected chi connectivity index (χ1v) is 14.4. The molecule has 2 aromatic rings. The molecule has 206 valence electrons. The van der Waals surface area contributed by atoms with Crippen molar-refractivity contribution in [2.24, 2.45) is 0 Å². The molecule has 0 saturated carbocycles. The Balaban J connectivity index is 1.41. The lowest BCUT2D eigenvalue weighted by atomic mass is 10.1. The van der Waals surface area contributed by atoms with Gasteiger partial charge < -0.3 is 5.32 Å². The van der Waals surface area contributed by atoms with E-state index in [4.69, 9.17) is 0 Å². The minimum Gasteiger partial charge on any atom is -0.348 e. The van der Waals surface area contributed by atoms with E-state index in [1.165, 1.54) is 69.8 Å². The van der Waals surface area contributed by atoms with Crippen molar-refractivity contribution in [3.63, 3.8) is 0 Å². The number of ketones is 1. The summed E-state index contributed by atoms with van der Waals surface area (Å²) >= 11 is 0. The fourth-order valence-electron chi connectivity index (χ4n) is 4.37. The molecule has 1 N–H and O–H groups in total. The van der Waals surface area contributed by atoms with Gasteiger partial charge in [-0.15, -0.1) is 0 Å². The van der Waals surface area contributed by atoms with Crippen LogP contribution in [0.15, 0.2) is 73.4 Å². The van der Waals surface area contributed by atoms with E-state index in [0.717, 1.165) is 25.1 Å². The number of hydrogen-bond donors (Lipinski definition) is 1. The summed E-state index contributed by atoms with van der Waals surface area (Å²) in [5.41, 5.74) is 3.50. The Morgan fingerprint density at radius 3 is 1.50 bits per heavy atom. The zero-order chi connectivity index (χ0) is 27.6. The number of Topliss-reactive ketones (excluding diaryl/α,β-unsaturated/α-hetero) is 1. The van der Waals surface area contributed by atoms with E-state index in [2.05, 4.69) is 76.7 Å². The third-order valence-electron chi connectivity index (χ3n) is 6.96. The van der Waals surface area contributed by atoms with Crippen molar-refractivity contribution in [1.82, 2.24) is 5.32 Å². The predicted octanol–water partition coefficient (Wildman–Crippen LogP) is 6.13. The minimum absolute atomic E-state index is 0.0926. The first-order valence-electron chi connectivity index (χ1n) is 14.4. The fourth-order valence-corrected chi connectivity index (χ4v) is 4.37. The SMILES string of the molecule is C=C(C)C(=O)CCc1cc[n+](CCCCCCCCCCCC[n+]2ccc(CNC(=O)C(=C)C)cc2)cc1. The predicted molar refractivity (Wildman–Crippen MR) is 154 cm³/mol. The van der Waals surface area contributed by atoms with Crippen LogP contribution in [-0.4, -0.2) is 11.7 Å². The summed E-state index contributed by atoms with van der Waals surface area (Å²) in [5.74, 6) is 0.0632. The molecule has 0 radical (unpaired) electrons. The molecule has 0 fully saturated rings. The number of allylic oxidation sites excluding steroid dienone is 1. The highest BCUT2D eigenvalue weighted by Gasteiger charge is 2.06. The number of hydrogen-bond acceptors (Lipinski definition) is 2. The molecule has 2 rings (SSSR count). The van der Waals surface area contributed by atoms with E-state index in [1.54, 1.807) is 13.8 Å². The van der Waals surface area contributed by atoms with Gasteiger partial charge in [0, 0.05) is 55.6 Å². The van der Waals surface area contributed by atoms with Crippen LogP contribution in [0.1, 0.15) is 95.6 Å². The van der Waals surface area contributed by atoms with Gasteiger partial charge in [-0.1, -0.05) is 51.7 Å². The van der Waals surface area contributed by atoms with E-state index in [1.807, 2.05) is 0 Å². The molecule has 0 aliphatic carbocycles. The molecule has 0 bridgehead atoms. The van der Waals surface area contributed by atoms with Crippen LogP contribution in [0.25, 0.3) is 0 Å². The molecule has 0 spiro atoms. The highest BCUT2D eigenvalue weighted by molar-refractivity contribution is 5.94. The smallest absolute Gasteiger partial charge is 0.246 e. The quantitative estimate of drug-likeness (QED) is 0.130. The molecule has 5 nitrogen and oxygen atoms in total. The van der Waals surface area contributed by atoms with Crippen molar-refractivity contribution < 1.29 is 18.7 Å². The van der Waals surface area contributed by atoms with Crippen molar-refractivity contribution in [3.8, 4) is 0 Å². The van der Waals surface area contributed by atoms with Gasteiger partial charge in [-0.2, -0.15) is 0 Å². The molecule has 0 saturated heterocycles. The Kier molecular flexibility index (Phi) is 14.9. The largest absolute Gasteiger partial charge is 0.348 e. The molecular formula is C33H49N3O2+2. The third kappa shape index (κ3) is 13.5. The number of carbonyl (C=O) groups excluding carboxylic acids is 2. The second-order valence-electron chi connectivity index (χ2n) is 10.6. The van der Waals surface area contributed by atoms with Crippen molar-refractivity contribution in [3.05, 3.63) is 84.5 Å².